The number of pyridine rings is 1. The lowest BCUT2D eigenvalue weighted by molar-refractivity contribution is -0.00177. The molecule has 0 radical (unpaired) electrons. The van der Waals surface area contributed by atoms with Crippen molar-refractivity contribution in [2.24, 2.45) is 0 Å². The van der Waals surface area contributed by atoms with E-state index in [1.54, 1.807) is 28.8 Å². The maximum absolute atomic E-state index is 14.1. The van der Waals surface area contributed by atoms with Crippen LogP contribution in [0.5, 0.6) is 0 Å². The molecule has 172 valence electrons. The molecule has 0 fully saturated rings. The molecule has 10 nitrogen and oxygen atoms in total. The third-order valence-electron chi connectivity index (χ3n) is 5.11. The second-order valence-electron chi connectivity index (χ2n) is 8.11. The van der Waals surface area contributed by atoms with Gasteiger partial charge in [-0.15, -0.1) is 0 Å². The number of nitriles is 1. The van der Waals surface area contributed by atoms with Gasteiger partial charge in [0.2, 0.25) is 0 Å². The number of carbonyl (C=O) groups is 1. The van der Waals surface area contributed by atoms with Crippen LogP contribution in [-0.4, -0.2) is 54.1 Å². The Labute approximate surface area is 194 Å². The van der Waals surface area contributed by atoms with Gasteiger partial charge in [-0.1, -0.05) is 0 Å². The van der Waals surface area contributed by atoms with Gasteiger partial charge < -0.3 is 15.7 Å². The summed E-state index contributed by atoms with van der Waals surface area (Å²) < 4.78 is 15.8. The van der Waals surface area contributed by atoms with Gasteiger partial charge in [-0.25, -0.2) is 8.91 Å². The smallest absolute Gasteiger partial charge is 0.255 e. The highest BCUT2D eigenvalue weighted by Crippen LogP contribution is 2.27. The van der Waals surface area contributed by atoms with Gasteiger partial charge in [0.15, 0.2) is 0 Å². The molecule has 4 heterocycles. The molecule has 11 heteroatoms. The fraction of sp³-hybridized carbons (Fsp3) is 0.217. The molecule has 0 aliphatic heterocycles. The number of halogens is 1. The van der Waals surface area contributed by atoms with Crippen molar-refractivity contribution in [2.45, 2.75) is 25.6 Å². The van der Waals surface area contributed by atoms with Crippen LogP contribution in [0.25, 0.3) is 16.9 Å². The molecule has 4 aromatic heterocycles. The van der Waals surface area contributed by atoms with Crippen molar-refractivity contribution in [1.82, 2.24) is 30.1 Å². The summed E-state index contributed by atoms with van der Waals surface area (Å²) in [6, 6.07) is 10.7. The van der Waals surface area contributed by atoms with Crippen molar-refractivity contribution in [3.8, 4) is 17.5 Å². The second kappa shape index (κ2) is 9.21. The highest BCUT2D eigenvalue weighted by molar-refractivity contribution is 6.00. The maximum atomic E-state index is 14.1. The molecule has 34 heavy (non-hydrogen) atoms. The van der Waals surface area contributed by atoms with Gasteiger partial charge in [0, 0.05) is 6.20 Å². The fourth-order valence-corrected chi connectivity index (χ4v) is 3.18. The van der Waals surface area contributed by atoms with E-state index in [1.807, 2.05) is 6.07 Å². The molecule has 3 N–H and O–H groups in total. The van der Waals surface area contributed by atoms with Crippen LogP contribution in [0.15, 0.2) is 55.1 Å². The molecule has 0 aliphatic carbocycles. The average molecular weight is 460 g/mol. The van der Waals surface area contributed by atoms with Crippen LogP contribution < -0.4 is 10.6 Å². The first-order valence-electron chi connectivity index (χ1n) is 10.3. The van der Waals surface area contributed by atoms with E-state index in [0.29, 0.717) is 33.8 Å². The van der Waals surface area contributed by atoms with Gasteiger partial charge in [-0.3, -0.25) is 9.78 Å². The van der Waals surface area contributed by atoms with Crippen molar-refractivity contribution in [3.63, 3.8) is 0 Å². The van der Waals surface area contributed by atoms with Gasteiger partial charge in [0.25, 0.3) is 5.91 Å². The SMILES string of the molecule is CC(C)(O)[C@H](F)CNC(=O)c1cnc(-c2ccc3cc(C#N)cnn23)cc1Nc1ccnnc1. The number of hydrogen-bond acceptors (Lipinski definition) is 8. The molecule has 1 atom stereocenters. The van der Waals surface area contributed by atoms with E-state index >= 15 is 0 Å². The minimum atomic E-state index is -1.65. The normalized spacial score (nSPS) is 12.2. The summed E-state index contributed by atoms with van der Waals surface area (Å²) in [6.07, 6.45) is 4.17. The Morgan fingerprint density at radius 3 is 2.76 bits per heavy atom. The Balaban J connectivity index is 1.70. The first kappa shape index (κ1) is 22.8. The number of fused-ring (bicyclic) bond motifs is 1. The Hall–Kier alpha value is -4.43. The van der Waals surface area contributed by atoms with Crippen LogP contribution in [0.3, 0.4) is 0 Å². The molecule has 0 spiro atoms. The lowest BCUT2D eigenvalue weighted by atomic mass is 10.0. The third kappa shape index (κ3) is 4.82. The van der Waals surface area contributed by atoms with Crippen LogP contribution in [0, 0.1) is 11.3 Å². The van der Waals surface area contributed by atoms with E-state index in [-0.39, 0.29) is 12.1 Å². The molecule has 0 bridgehead atoms. The number of nitrogens with one attached hydrogen (secondary N) is 2. The molecule has 0 aliphatic rings. The van der Waals surface area contributed by atoms with Crippen molar-refractivity contribution in [3.05, 3.63) is 66.2 Å². The summed E-state index contributed by atoms with van der Waals surface area (Å²) in [4.78, 5) is 17.3. The second-order valence-corrected chi connectivity index (χ2v) is 8.11. The number of aromatic nitrogens is 5. The molecular weight excluding hydrogens is 439 g/mol. The van der Waals surface area contributed by atoms with E-state index in [9.17, 15) is 14.3 Å². The molecule has 0 aromatic carbocycles. The number of rotatable bonds is 7. The number of nitrogens with zero attached hydrogens (tertiary/aromatic N) is 6. The number of hydrogen-bond donors (Lipinski definition) is 3. The lowest BCUT2D eigenvalue weighted by Gasteiger charge is -2.22. The van der Waals surface area contributed by atoms with Gasteiger partial charge in [0.05, 0.1) is 70.1 Å². The van der Waals surface area contributed by atoms with Gasteiger partial charge >= 0.3 is 0 Å². The van der Waals surface area contributed by atoms with E-state index in [4.69, 9.17) is 5.26 Å². The predicted octanol–water partition coefficient (Wildman–Crippen LogP) is 2.64. The molecule has 0 saturated carbocycles. The van der Waals surface area contributed by atoms with Crippen molar-refractivity contribution in [2.75, 3.05) is 11.9 Å². The van der Waals surface area contributed by atoms with Gasteiger partial charge in [-0.05, 0) is 44.2 Å². The zero-order chi connectivity index (χ0) is 24.3. The van der Waals surface area contributed by atoms with E-state index in [2.05, 4.69) is 37.0 Å². The summed E-state index contributed by atoms with van der Waals surface area (Å²) in [5, 5.41) is 36.4. The van der Waals surface area contributed by atoms with Crippen molar-refractivity contribution >= 4 is 22.8 Å². The van der Waals surface area contributed by atoms with E-state index in [1.165, 1.54) is 38.6 Å². The minimum absolute atomic E-state index is 0.170. The molecule has 4 aromatic rings. The summed E-state index contributed by atoms with van der Waals surface area (Å²) in [5.74, 6) is -0.563. The molecule has 0 saturated heterocycles. The fourth-order valence-electron chi connectivity index (χ4n) is 3.18. The summed E-state index contributed by atoms with van der Waals surface area (Å²) in [5.41, 5.74) is 1.87. The highest BCUT2D eigenvalue weighted by atomic mass is 19.1. The number of carbonyl (C=O) groups excluding carboxylic acids is 1. The Kier molecular flexibility index (Phi) is 6.16. The number of alkyl halides is 1. The zero-order valence-electron chi connectivity index (χ0n) is 18.4. The Morgan fingerprint density at radius 1 is 1.24 bits per heavy atom. The zero-order valence-corrected chi connectivity index (χ0v) is 18.4. The minimum Gasteiger partial charge on any atom is -0.387 e. The topological polar surface area (TPSA) is 141 Å². The highest BCUT2D eigenvalue weighted by Gasteiger charge is 2.27. The molecule has 1 amide bonds. The Morgan fingerprint density at radius 2 is 2.06 bits per heavy atom. The predicted molar refractivity (Wildman–Crippen MR) is 122 cm³/mol. The summed E-state index contributed by atoms with van der Waals surface area (Å²) >= 11 is 0. The largest absolute Gasteiger partial charge is 0.387 e. The Bertz CT molecular complexity index is 1380. The average Bonchev–Trinajstić information content (AvgIpc) is 3.25. The van der Waals surface area contributed by atoms with Crippen LogP contribution in [-0.2, 0) is 0 Å². The number of amides is 1. The number of aliphatic hydroxyl groups is 1. The van der Waals surface area contributed by atoms with Crippen LogP contribution in [0.2, 0.25) is 0 Å². The molecule has 4 rings (SSSR count). The molecular formula is C23H21FN8O2. The maximum Gasteiger partial charge on any atom is 0.255 e. The van der Waals surface area contributed by atoms with E-state index in [0.717, 1.165) is 0 Å². The van der Waals surface area contributed by atoms with Gasteiger partial charge in [-0.2, -0.15) is 20.6 Å². The van der Waals surface area contributed by atoms with Crippen molar-refractivity contribution < 1.29 is 14.3 Å². The standard InChI is InChI=1S/C23H21FN8O2/c1-23(2,34)21(24)13-27-22(33)17-12-26-19(8-18(17)31-15-5-6-28-29-11-15)20-4-3-16-7-14(9-25)10-30-32(16)20/h3-8,10-12,21,34H,13H2,1-2H3,(H,27,33)(H,26,28,31)/t21-/m1/s1. The van der Waals surface area contributed by atoms with E-state index < -0.39 is 17.7 Å². The first-order chi connectivity index (χ1) is 16.3. The quantitative estimate of drug-likeness (QED) is 0.382. The van der Waals surface area contributed by atoms with Crippen LogP contribution in [0.1, 0.15) is 29.8 Å². The van der Waals surface area contributed by atoms with Crippen LogP contribution in [0.4, 0.5) is 15.8 Å². The number of anilines is 2. The monoisotopic (exact) mass is 460 g/mol. The van der Waals surface area contributed by atoms with Gasteiger partial charge in [0.1, 0.15) is 12.2 Å². The lowest BCUT2D eigenvalue weighted by Crippen LogP contribution is -2.42. The summed E-state index contributed by atoms with van der Waals surface area (Å²) in [7, 11) is 0. The third-order valence-corrected chi connectivity index (χ3v) is 5.11. The van der Waals surface area contributed by atoms with Crippen LogP contribution >= 0.6 is 0 Å². The first-order valence-corrected chi connectivity index (χ1v) is 10.3. The van der Waals surface area contributed by atoms with Crippen molar-refractivity contribution in [1.29, 1.82) is 5.26 Å². The summed E-state index contributed by atoms with van der Waals surface area (Å²) in [6.45, 7) is 2.30. The molecule has 0 unspecified atom stereocenters.